The van der Waals surface area contributed by atoms with Crippen LogP contribution in [-0.2, 0) is 0 Å². The molecule has 0 spiro atoms. The number of anilines is 3. The Kier molecular flexibility index (Phi) is 8.51. The molecule has 0 atom stereocenters. The maximum absolute atomic E-state index is 6.90. The zero-order chi connectivity index (χ0) is 41.0. The van der Waals surface area contributed by atoms with Gasteiger partial charge in [-0.15, -0.1) is 0 Å². The summed E-state index contributed by atoms with van der Waals surface area (Å²) in [5, 5.41) is 11.9. The lowest BCUT2D eigenvalue weighted by Crippen LogP contribution is -2.74. The smallest absolute Gasteiger partial charge is 0.179 e. The molecule has 0 saturated heterocycles. The lowest BCUT2D eigenvalue weighted by Gasteiger charge is -2.35. The minimum atomic E-state index is -2.75. The Labute approximate surface area is 360 Å². The Balaban J connectivity index is 1.10. The molecule has 0 unspecified atom stereocenters. The molecule has 0 N–H and O–H groups in total. The first-order valence-corrected chi connectivity index (χ1v) is 23.2. The number of benzene rings is 10. The average molecular weight is 810 g/mol. The summed E-state index contributed by atoms with van der Waals surface area (Å²) in [6.45, 7) is 0. The van der Waals surface area contributed by atoms with E-state index in [4.69, 9.17) is 8.83 Å². The third-order valence-electron chi connectivity index (χ3n) is 12.6. The molecule has 0 bridgehead atoms. The van der Waals surface area contributed by atoms with E-state index in [-0.39, 0.29) is 0 Å². The molecule has 292 valence electrons. The topological polar surface area (TPSA) is 29.5 Å². The third kappa shape index (κ3) is 5.72. The van der Waals surface area contributed by atoms with Crippen LogP contribution in [0.5, 0.6) is 0 Å². The molecule has 3 nitrogen and oxygen atoms in total. The maximum atomic E-state index is 6.90. The third-order valence-corrected chi connectivity index (χ3v) is 17.4. The van der Waals surface area contributed by atoms with E-state index in [1.165, 1.54) is 37.1 Å². The molecular weight excluding hydrogens is 771 g/mol. The van der Waals surface area contributed by atoms with Gasteiger partial charge in [-0.05, 0) is 91.2 Å². The molecule has 12 aromatic rings. The van der Waals surface area contributed by atoms with E-state index < -0.39 is 8.07 Å². The van der Waals surface area contributed by atoms with E-state index in [2.05, 4.69) is 217 Å². The Morgan fingerprint density at radius 1 is 0.323 bits per heavy atom. The molecule has 0 aliphatic heterocycles. The summed E-state index contributed by atoms with van der Waals surface area (Å²) in [6.07, 6.45) is 0. The van der Waals surface area contributed by atoms with E-state index in [9.17, 15) is 0 Å². The normalized spacial score (nSPS) is 11.9. The standard InChI is InChI=1S/C58H39NO2Si/c1-4-18-46(19-5-1)62(47-20-6-2-7-21-47,48-22-8-3-9-23-48)49-36-34-45(35-37-49)59(44-32-30-41(31-33-44)43-29-28-40-16-10-11-17-42(40)38-43)53-39-52-50-24-12-14-26-54(50)60-57(52)56-51-25-13-15-27-55(51)61-58(53)56/h1-39H. The van der Waals surface area contributed by atoms with Crippen molar-refractivity contribution in [1.29, 1.82) is 0 Å². The highest BCUT2D eigenvalue weighted by Crippen LogP contribution is 2.47. The predicted octanol–water partition coefficient (Wildman–Crippen LogP) is 13.2. The molecule has 62 heavy (non-hydrogen) atoms. The number of hydrogen-bond donors (Lipinski definition) is 0. The van der Waals surface area contributed by atoms with Gasteiger partial charge in [-0.2, -0.15) is 0 Å². The van der Waals surface area contributed by atoms with Gasteiger partial charge in [0.1, 0.15) is 16.7 Å². The minimum Gasteiger partial charge on any atom is -0.455 e. The van der Waals surface area contributed by atoms with Gasteiger partial charge in [0.05, 0.1) is 11.1 Å². The molecule has 0 aliphatic rings. The van der Waals surface area contributed by atoms with Gasteiger partial charge in [0, 0.05) is 27.5 Å². The van der Waals surface area contributed by atoms with Gasteiger partial charge in [-0.1, -0.05) is 188 Å². The highest BCUT2D eigenvalue weighted by Gasteiger charge is 2.41. The number of hydrogen-bond acceptors (Lipinski definition) is 3. The Bertz CT molecular complexity index is 3460. The highest BCUT2D eigenvalue weighted by atomic mass is 28.3. The van der Waals surface area contributed by atoms with Crippen LogP contribution in [0.2, 0.25) is 0 Å². The van der Waals surface area contributed by atoms with Crippen LogP contribution in [0, 0.1) is 0 Å². The van der Waals surface area contributed by atoms with Gasteiger partial charge in [0.25, 0.3) is 0 Å². The molecule has 0 aliphatic carbocycles. The lowest BCUT2D eigenvalue weighted by molar-refractivity contribution is 0.663. The number of rotatable bonds is 8. The van der Waals surface area contributed by atoms with Crippen LogP contribution in [-0.4, -0.2) is 8.07 Å². The van der Waals surface area contributed by atoms with Crippen molar-refractivity contribution in [2.45, 2.75) is 0 Å². The first kappa shape index (κ1) is 36.0. The molecule has 0 amide bonds. The van der Waals surface area contributed by atoms with Crippen LogP contribution in [0.3, 0.4) is 0 Å². The molecule has 0 fully saturated rings. The van der Waals surface area contributed by atoms with E-state index in [1.54, 1.807) is 0 Å². The van der Waals surface area contributed by atoms with E-state index in [0.29, 0.717) is 0 Å². The second-order valence-electron chi connectivity index (χ2n) is 16.0. The SMILES string of the molecule is c1ccc([Si](c2ccccc2)(c2ccccc2)c2ccc(N(c3ccc(-c4ccc5ccccc5c4)cc3)c3cc4c5ccccc5oc4c4c3oc3ccccc34)cc2)cc1. The second kappa shape index (κ2) is 14.7. The monoisotopic (exact) mass is 809 g/mol. The first-order chi connectivity index (χ1) is 30.7. The second-order valence-corrected chi connectivity index (χ2v) is 19.8. The Morgan fingerprint density at radius 3 is 1.42 bits per heavy atom. The van der Waals surface area contributed by atoms with Crippen molar-refractivity contribution in [2.75, 3.05) is 4.90 Å². The molecule has 4 heteroatoms. The van der Waals surface area contributed by atoms with Crippen LogP contribution in [0.1, 0.15) is 0 Å². The predicted molar refractivity (Wildman–Crippen MR) is 262 cm³/mol. The lowest BCUT2D eigenvalue weighted by atomic mass is 10.0. The van der Waals surface area contributed by atoms with Crippen LogP contribution < -0.4 is 25.6 Å². The molecule has 0 radical (unpaired) electrons. The van der Waals surface area contributed by atoms with E-state index >= 15 is 0 Å². The number of furan rings is 2. The van der Waals surface area contributed by atoms with Gasteiger partial charge in [-0.3, -0.25) is 0 Å². The molecular formula is C58H39NO2Si. The van der Waals surface area contributed by atoms with Crippen molar-refractivity contribution in [1.82, 2.24) is 0 Å². The minimum absolute atomic E-state index is 0.780. The van der Waals surface area contributed by atoms with Gasteiger partial charge in [-0.25, -0.2) is 0 Å². The fraction of sp³-hybridized carbons (Fsp3) is 0. The van der Waals surface area contributed by atoms with Crippen molar-refractivity contribution in [3.63, 3.8) is 0 Å². The number of para-hydroxylation sites is 2. The molecule has 2 heterocycles. The van der Waals surface area contributed by atoms with E-state index in [1.807, 2.05) is 24.3 Å². The summed E-state index contributed by atoms with van der Waals surface area (Å²) in [6, 6.07) is 85.6. The van der Waals surface area contributed by atoms with Crippen molar-refractivity contribution >= 4 is 101 Å². The van der Waals surface area contributed by atoms with Crippen molar-refractivity contribution in [2.24, 2.45) is 0 Å². The van der Waals surface area contributed by atoms with Crippen molar-refractivity contribution in [3.05, 3.63) is 237 Å². The summed E-state index contributed by atoms with van der Waals surface area (Å²) in [4.78, 5) is 2.36. The fourth-order valence-corrected chi connectivity index (χ4v) is 14.5. The van der Waals surface area contributed by atoms with E-state index in [0.717, 1.165) is 66.5 Å². The van der Waals surface area contributed by atoms with Gasteiger partial charge >= 0.3 is 0 Å². The summed E-state index contributed by atoms with van der Waals surface area (Å²) in [5.74, 6) is 0. The summed E-state index contributed by atoms with van der Waals surface area (Å²) in [7, 11) is -2.75. The zero-order valence-electron chi connectivity index (χ0n) is 33.8. The summed E-state index contributed by atoms with van der Waals surface area (Å²) < 4.78 is 13.6. The summed E-state index contributed by atoms with van der Waals surface area (Å²) >= 11 is 0. The maximum Gasteiger partial charge on any atom is 0.179 e. The molecule has 2 aromatic heterocycles. The number of nitrogens with zero attached hydrogens (tertiary/aromatic N) is 1. The van der Waals surface area contributed by atoms with Crippen LogP contribution >= 0.6 is 0 Å². The fourth-order valence-electron chi connectivity index (χ4n) is 9.74. The summed E-state index contributed by atoms with van der Waals surface area (Å²) in [5.41, 5.74) is 8.62. The van der Waals surface area contributed by atoms with Gasteiger partial charge in [0.2, 0.25) is 0 Å². The average Bonchev–Trinajstić information content (AvgIpc) is 3.92. The van der Waals surface area contributed by atoms with Gasteiger partial charge in [0.15, 0.2) is 13.7 Å². The Morgan fingerprint density at radius 2 is 0.790 bits per heavy atom. The largest absolute Gasteiger partial charge is 0.455 e. The van der Waals surface area contributed by atoms with Gasteiger partial charge < -0.3 is 13.7 Å². The van der Waals surface area contributed by atoms with Crippen LogP contribution in [0.15, 0.2) is 245 Å². The highest BCUT2D eigenvalue weighted by molar-refractivity contribution is 7.19. The van der Waals surface area contributed by atoms with Crippen LogP contribution in [0.4, 0.5) is 17.1 Å². The molecule has 10 aromatic carbocycles. The van der Waals surface area contributed by atoms with Crippen molar-refractivity contribution in [3.8, 4) is 11.1 Å². The first-order valence-electron chi connectivity index (χ1n) is 21.2. The zero-order valence-corrected chi connectivity index (χ0v) is 34.8. The molecule has 12 rings (SSSR count). The quantitative estimate of drug-likeness (QED) is 0.113. The van der Waals surface area contributed by atoms with Crippen LogP contribution in [0.25, 0.3) is 65.8 Å². The Hall–Kier alpha value is -7.92. The van der Waals surface area contributed by atoms with Crippen molar-refractivity contribution < 1.29 is 8.83 Å². The molecule has 0 saturated carbocycles. The number of fused-ring (bicyclic) bond motifs is 8.